The Bertz CT molecular complexity index is 617. The lowest BCUT2D eigenvalue weighted by molar-refractivity contribution is 0.0940. The number of rotatable bonds is 3. The first-order chi connectivity index (χ1) is 10.2. The molecule has 108 valence electrons. The van der Waals surface area contributed by atoms with Crippen LogP contribution in [0.3, 0.4) is 0 Å². The van der Waals surface area contributed by atoms with E-state index < -0.39 is 0 Å². The third kappa shape index (κ3) is 3.39. The van der Waals surface area contributed by atoms with E-state index in [4.69, 9.17) is 0 Å². The minimum Gasteiger partial charge on any atom is -0.369 e. The van der Waals surface area contributed by atoms with Crippen molar-refractivity contribution >= 4 is 27.5 Å². The van der Waals surface area contributed by atoms with E-state index in [1.807, 2.05) is 12.1 Å². The Morgan fingerprint density at radius 3 is 2.76 bits per heavy atom. The summed E-state index contributed by atoms with van der Waals surface area (Å²) in [5.41, 5.74) is 1.73. The number of hydrogen-bond acceptors (Lipinski definition) is 4. The highest BCUT2D eigenvalue weighted by molar-refractivity contribution is 9.10. The van der Waals surface area contributed by atoms with Crippen LogP contribution in [0.25, 0.3) is 0 Å². The van der Waals surface area contributed by atoms with Crippen LogP contribution in [0, 0.1) is 0 Å². The average Bonchev–Trinajstić information content (AvgIpc) is 2.97. The zero-order valence-electron chi connectivity index (χ0n) is 11.4. The molecule has 1 aliphatic heterocycles. The lowest BCUT2D eigenvalue weighted by Gasteiger charge is -2.19. The molecule has 1 saturated heterocycles. The molecular weight excluding hydrogens is 332 g/mol. The highest BCUT2D eigenvalue weighted by Gasteiger charge is 2.24. The molecule has 1 aromatic heterocycles. The predicted octanol–water partition coefficient (Wildman–Crippen LogP) is 2.25. The van der Waals surface area contributed by atoms with Crippen LogP contribution < -0.4 is 10.2 Å². The number of carbonyl (C=O) groups excluding carboxylic acids is 1. The van der Waals surface area contributed by atoms with Gasteiger partial charge >= 0.3 is 0 Å². The van der Waals surface area contributed by atoms with E-state index in [0.29, 0.717) is 5.56 Å². The zero-order chi connectivity index (χ0) is 14.7. The lowest BCUT2D eigenvalue weighted by atomic mass is 10.2. The smallest absolute Gasteiger partial charge is 0.253 e. The number of amides is 1. The monoisotopic (exact) mass is 346 g/mol. The van der Waals surface area contributed by atoms with Gasteiger partial charge in [-0.25, -0.2) is 0 Å². The van der Waals surface area contributed by atoms with E-state index in [0.717, 1.165) is 24.0 Å². The van der Waals surface area contributed by atoms with Crippen LogP contribution >= 0.6 is 15.9 Å². The number of benzene rings is 1. The minimum absolute atomic E-state index is 0.0902. The summed E-state index contributed by atoms with van der Waals surface area (Å²) in [7, 11) is 0. The molecule has 1 fully saturated rings. The number of anilines is 1. The predicted molar refractivity (Wildman–Crippen MR) is 84.3 cm³/mol. The summed E-state index contributed by atoms with van der Waals surface area (Å²) in [5, 5.41) is 10.5. The molecule has 21 heavy (non-hydrogen) atoms. The summed E-state index contributed by atoms with van der Waals surface area (Å²) in [4.78, 5) is 14.4. The number of carbonyl (C=O) groups is 1. The van der Waals surface area contributed by atoms with Crippen LogP contribution in [0.2, 0.25) is 0 Å². The van der Waals surface area contributed by atoms with Crippen molar-refractivity contribution in [2.75, 3.05) is 18.0 Å². The van der Waals surface area contributed by atoms with Crippen molar-refractivity contribution in [2.45, 2.75) is 12.5 Å². The van der Waals surface area contributed by atoms with E-state index in [1.165, 1.54) is 18.1 Å². The van der Waals surface area contributed by atoms with Gasteiger partial charge in [0.2, 0.25) is 0 Å². The van der Waals surface area contributed by atoms with Crippen molar-refractivity contribution in [3.05, 3.63) is 52.8 Å². The Balaban J connectivity index is 1.60. The largest absolute Gasteiger partial charge is 0.369 e. The van der Waals surface area contributed by atoms with Gasteiger partial charge in [-0.1, -0.05) is 15.9 Å². The number of nitrogens with one attached hydrogen (secondary N) is 1. The van der Waals surface area contributed by atoms with Crippen LogP contribution in [0.15, 0.2) is 47.2 Å². The summed E-state index contributed by atoms with van der Waals surface area (Å²) in [6, 6.07) is 10.1. The van der Waals surface area contributed by atoms with Gasteiger partial charge in [0.25, 0.3) is 5.91 Å². The Hall–Kier alpha value is -1.95. The number of halogens is 1. The van der Waals surface area contributed by atoms with E-state index in [-0.39, 0.29) is 11.9 Å². The van der Waals surface area contributed by atoms with Gasteiger partial charge in [0.15, 0.2) is 0 Å². The average molecular weight is 347 g/mol. The first kappa shape index (κ1) is 14.0. The maximum absolute atomic E-state index is 12.1. The van der Waals surface area contributed by atoms with Crippen LogP contribution in [0.4, 0.5) is 5.69 Å². The van der Waals surface area contributed by atoms with Crippen LogP contribution in [0.1, 0.15) is 16.8 Å². The van der Waals surface area contributed by atoms with Crippen molar-refractivity contribution < 1.29 is 4.79 Å². The van der Waals surface area contributed by atoms with Gasteiger partial charge in [-0.15, -0.1) is 0 Å². The first-order valence-corrected chi connectivity index (χ1v) is 7.60. The molecule has 1 aliphatic rings. The van der Waals surface area contributed by atoms with Crippen LogP contribution in [-0.4, -0.2) is 35.2 Å². The Morgan fingerprint density at radius 1 is 1.24 bits per heavy atom. The molecule has 2 aromatic rings. The second-order valence-corrected chi connectivity index (χ2v) is 5.93. The number of nitrogens with zero attached hydrogens (tertiary/aromatic N) is 3. The Labute approximate surface area is 131 Å². The SMILES string of the molecule is O=C(N[C@@H]1CCN(c2ccc(Br)cc2)C1)c1ccnnc1. The molecule has 1 amide bonds. The second kappa shape index (κ2) is 6.22. The van der Waals surface area contributed by atoms with Crippen molar-refractivity contribution in [3.63, 3.8) is 0 Å². The highest BCUT2D eigenvalue weighted by Crippen LogP contribution is 2.22. The molecule has 1 N–H and O–H groups in total. The quantitative estimate of drug-likeness (QED) is 0.925. The number of aromatic nitrogens is 2. The number of hydrogen-bond donors (Lipinski definition) is 1. The third-order valence-electron chi connectivity index (χ3n) is 3.56. The van der Waals surface area contributed by atoms with Crippen molar-refractivity contribution in [1.29, 1.82) is 0 Å². The molecule has 0 saturated carbocycles. The van der Waals surface area contributed by atoms with Gasteiger partial charge in [-0.2, -0.15) is 10.2 Å². The summed E-state index contributed by atoms with van der Waals surface area (Å²) in [6.07, 6.45) is 3.95. The molecule has 5 nitrogen and oxygen atoms in total. The fourth-order valence-electron chi connectivity index (χ4n) is 2.46. The Kier molecular flexibility index (Phi) is 4.15. The molecular formula is C15H15BrN4O. The molecule has 0 spiro atoms. The maximum atomic E-state index is 12.1. The molecule has 6 heteroatoms. The second-order valence-electron chi connectivity index (χ2n) is 5.01. The fourth-order valence-corrected chi connectivity index (χ4v) is 2.72. The highest BCUT2D eigenvalue weighted by atomic mass is 79.9. The molecule has 1 atom stereocenters. The summed E-state index contributed by atoms with van der Waals surface area (Å²) in [6.45, 7) is 1.77. The maximum Gasteiger partial charge on any atom is 0.253 e. The topological polar surface area (TPSA) is 58.1 Å². The molecule has 0 radical (unpaired) electrons. The van der Waals surface area contributed by atoms with Crippen molar-refractivity contribution in [2.24, 2.45) is 0 Å². The molecule has 0 bridgehead atoms. The first-order valence-electron chi connectivity index (χ1n) is 6.80. The van der Waals surface area contributed by atoms with Gasteiger partial charge in [-0.3, -0.25) is 4.79 Å². The van der Waals surface area contributed by atoms with Gasteiger partial charge in [0, 0.05) is 29.3 Å². The normalized spacial score (nSPS) is 17.8. The summed E-state index contributed by atoms with van der Waals surface area (Å²) < 4.78 is 1.07. The minimum atomic E-state index is -0.0902. The summed E-state index contributed by atoms with van der Waals surface area (Å²) >= 11 is 3.44. The van der Waals surface area contributed by atoms with Gasteiger partial charge in [0.05, 0.1) is 18.0 Å². The van der Waals surface area contributed by atoms with Gasteiger partial charge in [-0.05, 0) is 36.8 Å². The molecule has 0 unspecified atom stereocenters. The van der Waals surface area contributed by atoms with Gasteiger partial charge in [0.1, 0.15) is 0 Å². The third-order valence-corrected chi connectivity index (χ3v) is 4.09. The zero-order valence-corrected chi connectivity index (χ0v) is 13.0. The van der Waals surface area contributed by atoms with E-state index in [1.54, 1.807) is 6.07 Å². The van der Waals surface area contributed by atoms with E-state index >= 15 is 0 Å². The molecule has 3 rings (SSSR count). The Morgan fingerprint density at radius 2 is 2.05 bits per heavy atom. The van der Waals surface area contributed by atoms with E-state index in [2.05, 4.69) is 48.5 Å². The van der Waals surface area contributed by atoms with Crippen molar-refractivity contribution in [3.8, 4) is 0 Å². The molecule has 0 aliphatic carbocycles. The van der Waals surface area contributed by atoms with Crippen LogP contribution in [-0.2, 0) is 0 Å². The van der Waals surface area contributed by atoms with Gasteiger partial charge < -0.3 is 10.2 Å². The molecule has 2 heterocycles. The summed E-state index contributed by atoms with van der Waals surface area (Å²) in [5.74, 6) is -0.0902. The van der Waals surface area contributed by atoms with E-state index in [9.17, 15) is 4.79 Å². The fraction of sp³-hybridized carbons (Fsp3) is 0.267. The lowest BCUT2D eigenvalue weighted by Crippen LogP contribution is -2.37. The van der Waals surface area contributed by atoms with Crippen molar-refractivity contribution in [1.82, 2.24) is 15.5 Å². The molecule has 1 aromatic carbocycles. The standard InChI is InChI=1S/C15H15BrN4O/c16-12-1-3-14(4-2-12)20-8-6-13(10-20)19-15(21)11-5-7-17-18-9-11/h1-5,7,9,13H,6,8,10H2,(H,19,21)/t13-/m1/s1. The van der Waals surface area contributed by atoms with Crippen LogP contribution in [0.5, 0.6) is 0 Å².